The lowest BCUT2D eigenvalue weighted by atomic mass is 9.97. The van der Waals surface area contributed by atoms with Crippen molar-refractivity contribution < 1.29 is 0 Å². The first-order valence-electron chi connectivity index (χ1n) is 8.26. The van der Waals surface area contributed by atoms with Crippen LogP contribution < -0.4 is 4.90 Å². The average molecular weight is 295 g/mol. The fourth-order valence-corrected chi connectivity index (χ4v) is 4.16. The Morgan fingerprint density at radius 2 is 1.70 bits per heavy atom. The molecule has 0 radical (unpaired) electrons. The van der Waals surface area contributed by atoms with E-state index in [1.165, 1.54) is 68.3 Å². The minimum absolute atomic E-state index is 0.917. The molecule has 1 aromatic rings. The first kappa shape index (κ1) is 15.8. The average Bonchev–Trinajstić information content (AvgIpc) is 2.87. The van der Waals surface area contributed by atoms with Gasteiger partial charge in [0.1, 0.15) is 0 Å². The van der Waals surface area contributed by atoms with Crippen molar-refractivity contribution in [2.45, 2.75) is 46.5 Å². The summed E-state index contributed by atoms with van der Waals surface area (Å²) in [4.78, 5) is 6.67. The lowest BCUT2D eigenvalue weighted by Crippen LogP contribution is -2.47. The third-order valence-electron chi connectivity index (χ3n) is 4.32. The molecule has 2 heterocycles. The lowest BCUT2D eigenvalue weighted by Gasteiger charge is -2.37. The molecule has 2 rings (SSSR count). The van der Waals surface area contributed by atoms with E-state index in [1.807, 2.05) is 11.3 Å². The largest absolute Gasteiger partial charge is 0.361 e. The van der Waals surface area contributed by atoms with Crippen LogP contribution in [0.1, 0.15) is 44.4 Å². The second kappa shape index (κ2) is 8.04. The quantitative estimate of drug-likeness (QED) is 0.735. The molecule has 0 bridgehead atoms. The van der Waals surface area contributed by atoms with Crippen molar-refractivity contribution in [2.24, 2.45) is 5.92 Å². The number of piperazine rings is 1. The molecule has 0 aromatic carbocycles. The highest BCUT2D eigenvalue weighted by molar-refractivity contribution is 7.16. The van der Waals surface area contributed by atoms with Gasteiger partial charge in [0.15, 0.2) is 0 Å². The van der Waals surface area contributed by atoms with Gasteiger partial charge in [-0.2, -0.15) is 0 Å². The van der Waals surface area contributed by atoms with Crippen molar-refractivity contribution in [1.82, 2.24) is 4.90 Å². The number of rotatable bonds is 7. The Bertz CT molecular complexity index is 374. The first-order chi connectivity index (χ1) is 9.72. The van der Waals surface area contributed by atoms with Crippen molar-refractivity contribution in [3.63, 3.8) is 0 Å². The summed E-state index contributed by atoms with van der Waals surface area (Å²) in [5, 5.41) is 1.46. The van der Waals surface area contributed by atoms with E-state index in [0.29, 0.717) is 0 Å². The van der Waals surface area contributed by atoms with Crippen molar-refractivity contribution in [2.75, 3.05) is 37.6 Å². The first-order valence-corrected chi connectivity index (χ1v) is 9.08. The Balaban J connectivity index is 1.78. The molecular weight excluding hydrogens is 264 g/mol. The van der Waals surface area contributed by atoms with Crippen LogP contribution in [0.2, 0.25) is 0 Å². The number of thiophene rings is 1. The second-order valence-electron chi connectivity index (χ2n) is 6.12. The Kier molecular flexibility index (Phi) is 6.37. The van der Waals surface area contributed by atoms with Gasteiger partial charge in [-0.3, -0.25) is 4.90 Å². The number of hydrogen-bond donors (Lipinski definition) is 0. The molecule has 20 heavy (non-hydrogen) atoms. The molecule has 0 aliphatic carbocycles. The van der Waals surface area contributed by atoms with Crippen LogP contribution in [0.4, 0.5) is 5.00 Å². The van der Waals surface area contributed by atoms with Crippen LogP contribution >= 0.6 is 11.3 Å². The summed E-state index contributed by atoms with van der Waals surface area (Å²) in [5.41, 5.74) is 0. The predicted molar refractivity (Wildman–Crippen MR) is 91.0 cm³/mol. The molecule has 114 valence electrons. The highest BCUT2D eigenvalue weighted by Crippen LogP contribution is 2.26. The maximum Gasteiger partial charge on any atom is 0.0912 e. The summed E-state index contributed by atoms with van der Waals surface area (Å²) in [6, 6.07) is 4.53. The zero-order valence-electron chi connectivity index (χ0n) is 13.4. The maximum absolute atomic E-state index is 2.69. The van der Waals surface area contributed by atoms with Gasteiger partial charge < -0.3 is 4.90 Å². The molecule has 0 saturated carbocycles. The third-order valence-corrected chi connectivity index (χ3v) is 5.38. The van der Waals surface area contributed by atoms with Gasteiger partial charge in [0.2, 0.25) is 0 Å². The smallest absolute Gasteiger partial charge is 0.0912 e. The molecule has 3 heteroatoms. The predicted octanol–water partition coefficient (Wildman–Crippen LogP) is 4.39. The zero-order chi connectivity index (χ0) is 14.4. The van der Waals surface area contributed by atoms with Crippen LogP contribution in [0.25, 0.3) is 0 Å². The summed E-state index contributed by atoms with van der Waals surface area (Å²) in [5.74, 6) is 0.917. The van der Waals surface area contributed by atoms with Gasteiger partial charge in [-0.05, 0) is 37.8 Å². The highest BCUT2D eigenvalue weighted by atomic mass is 32.1. The number of hydrogen-bond acceptors (Lipinski definition) is 3. The SMILES string of the molecule is CCCC(CCC)CN1CCN(c2ccc(C)s2)CC1. The van der Waals surface area contributed by atoms with Crippen molar-refractivity contribution >= 4 is 16.3 Å². The van der Waals surface area contributed by atoms with Crippen molar-refractivity contribution in [3.8, 4) is 0 Å². The number of aryl methyl sites for hydroxylation is 1. The summed E-state index contributed by atoms with van der Waals surface area (Å²) >= 11 is 1.93. The van der Waals surface area contributed by atoms with Gasteiger partial charge in [0.25, 0.3) is 0 Å². The number of nitrogens with zero attached hydrogens (tertiary/aromatic N) is 2. The summed E-state index contributed by atoms with van der Waals surface area (Å²) in [6.45, 7) is 13.0. The molecule has 1 aromatic heterocycles. The molecule has 1 fully saturated rings. The Hall–Kier alpha value is -0.540. The van der Waals surface area contributed by atoms with Crippen LogP contribution in [0, 0.1) is 12.8 Å². The van der Waals surface area contributed by atoms with E-state index in [0.717, 1.165) is 5.92 Å². The van der Waals surface area contributed by atoms with Crippen molar-refractivity contribution in [3.05, 3.63) is 17.0 Å². The molecule has 1 aliphatic rings. The van der Waals surface area contributed by atoms with E-state index >= 15 is 0 Å². The van der Waals surface area contributed by atoms with E-state index in [-0.39, 0.29) is 0 Å². The van der Waals surface area contributed by atoms with E-state index < -0.39 is 0 Å². The lowest BCUT2D eigenvalue weighted by molar-refractivity contribution is 0.206. The Morgan fingerprint density at radius 1 is 1.05 bits per heavy atom. The van der Waals surface area contributed by atoms with Crippen LogP contribution in [-0.2, 0) is 0 Å². The molecule has 0 spiro atoms. The normalized spacial score (nSPS) is 17.1. The van der Waals surface area contributed by atoms with E-state index in [9.17, 15) is 0 Å². The van der Waals surface area contributed by atoms with Crippen LogP contribution in [0.3, 0.4) is 0 Å². The Labute approximate surface area is 128 Å². The zero-order valence-corrected chi connectivity index (χ0v) is 14.2. The van der Waals surface area contributed by atoms with Crippen LogP contribution in [-0.4, -0.2) is 37.6 Å². The molecule has 1 aliphatic heterocycles. The fraction of sp³-hybridized carbons (Fsp3) is 0.765. The van der Waals surface area contributed by atoms with Crippen molar-refractivity contribution in [1.29, 1.82) is 0 Å². The van der Waals surface area contributed by atoms with Gasteiger partial charge in [-0.1, -0.05) is 26.7 Å². The fourth-order valence-electron chi connectivity index (χ4n) is 3.25. The summed E-state index contributed by atoms with van der Waals surface area (Å²) in [7, 11) is 0. The van der Waals surface area contributed by atoms with Gasteiger partial charge in [0, 0.05) is 37.6 Å². The highest BCUT2D eigenvalue weighted by Gasteiger charge is 2.20. The van der Waals surface area contributed by atoms with E-state index in [4.69, 9.17) is 0 Å². The third kappa shape index (κ3) is 4.49. The van der Waals surface area contributed by atoms with Gasteiger partial charge in [-0.15, -0.1) is 11.3 Å². The molecule has 2 nitrogen and oxygen atoms in total. The number of anilines is 1. The van der Waals surface area contributed by atoms with E-state index in [1.54, 1.807) is 0 Å². The maximum atomic E-state index is 2.69. The molecule has 0 atom stereocenters. The van der Waals surface area contributed by atoms with E-state index in [2.05, 4.69) is 42.7 Å². The minimum Gasteiger partial charge on any atom is -0.361 e. The molecular formula is C17H30N2S. The van der Waals surface area contributed by atoms with Gasteiger partial charge >= 0.3 is 0 Å². The minimum atomic E-state index is 0.917. The topological polar surface area (TPSA) is 6.48 Å². The summed E-state index contributed by atoms with van der Waals surface area (Å²) in [6.07, 6.45) is 5.47. The van der Waals surface area contributed by atoms with Crippen LogP contribution in [0.5, 0.6) is 0 Å². The van der Waals surface area contributed by atoms with Gasteiger partial charge in [-0.25, -0.2) is 0 Å². The second-order valence-corrected chi connectivity index (χ2v) is 7.38. The Morgan fingerprint density at radius 3 is 2.20 bits per heavy atom. The molecule has 0 amide bonds. The monoisotopic (exact) mass is 294 g/mol. The summed E-state index contributed by atoms with van der Waals surface area (Å²) < 4.78 is 0. The molecule has 0 N–H and O–H groups in total. The molecule has 0 unspecified atom stereocenters. The molecule has 1 saturated heterocycles. The van der Waals surface area contributed by atoms with Gasteiger partial charge in [0.05, 0.1) is 5.00 Å². The van der Waals surface area contributed by atoms with Crippen LogP contribution in [0.15, 0.2) is 12.1 Å². The standard InChI is InChI=1S/C17H30N2S/c1-4-6-16(7-5-2)14-18-10-12-19(13-11-18)17-9-8-15(3)20-17/h8-9,16H,4-7,10-14H2,1-3H3.